The molecule has 1 amide bonds. The third kappa shape index (κ3) is 4.67. The predicted molar refractivity (Wildman–Crippen MR) is 103 cm³/mol. The number of sulfonamides is 1. The quantitative estimate of drug-likeness (QED) is 0.722. The van der Waals surface area contributed by atoms with Gasteiger partial charge >= 0.3 is 0 Å². The standard InChI is InChI=1S/C19H23N3O5S/c1-15-5-7-21(8-6-15)14-19(23)20-16-3-4-17(26-2)18(13-16)28(24,25)22-9-11-27-12-10-22/h3-8,13H,9-12,14H2,1-2H3/p+1. The van der Waals surface area contributed by atoms with Gasteiger partial charge in [-0.3, -0.25) is 4.79 Å². The number of anilines is 1. The van der Waals surface area contributed by atoms with Gasteiger partial charge < -0.3 is 14.8 Å². The highest BCUT2D eigenvalue weighted by Crippen LogP contribution is 2.30. The molecule has 1 aliphatic rings. The number of pyridine rings is 1. The number of amides is 1. The number of aryl methyl sites for hydroxylation is 1. The molecular weight excluding hydrogens is 382 g/mol. The first kappa shape index (κ1) is 20.2. The maximum absolute atomic E-state index is 13.0. The first-order valence-corrected chi connectivity index (χ1v) is 10.4. The summed E-state index contributed by atoms with van der Waals surface area (Å²) in [6, 6.07) is 8.42. The van der Waals surface area contributed by atoms with Crippen molar-refractivity contribution in [2.24, 2.45) is 0 Å². The minimum Gasteiger partial charge on any atom is -0.495 e. The van der Waals surface area contributed by atoms with Crippen molar-refractivity contribution in [3.63, 3.8) is 0 Å². The molecule has 1 saturated heterocycles. The van der Waals surface area contributed by atoms with Crippen LogP contribution in [0.15, 0.2) is 47.6 Å². The van der Waals surface area contributed by atoms with Crippen LogP contribution in [0, 0.1) is 6.92 Å². The Bertz CT molecular complexity index is 939. The molecule has 0 spiro atoms. The lowest BCUT2D eigenvalue weighted by Crippen LogP contribution is -2.41. The molecule has 0 bridgehead atoms. The van der Waals surface area contributed by atoms with Gasteiger partial charge in [-0.1, -0.05) is 0 Å². The highest BCUT2D eigenvalue weighted by atomic mass is 32.2. The largest absolute Gasteiger partial charge is 0.495 e. The monoisotopic (exact) mass is 406 g/mol. The van der Waals surface area contributed by atoms with Gasteiger partial charge in [-0.05, 0) is 30.7 Å². The molecule has 0 unspecified atom stereocenters. The van der Waals surface area contributed by atoms with Gasteiger partial charge in [0, 0.05) is 30.9 Å². The normalized spacial score (nSPS) is 15.2. The van der Waals surface area contributed by atoms with Crippen LogP contribution in [0.3, 0.4) is 0 Å². The highest BCUT2D eigenvalue weighted by molar-refractivity contribution is 7.89. The highest BCUT2D eigenvalue weighted by Gasteiger charge is 2.29. The van der Waals surface area contributed by atoms with Crippen LogP contribution >= 0.6 is 0 Å². The number of aromatic nitrogens is 1. The molecule has 8 nitrogen and oxygen atoms in total. The molecular formula is C19H24N3O5S+. The Labute approximate surface area is 164 Å². The van der Waals surface area contributed by atoms with Crippen LogP contribution in [-0.2, 0) is 26.1 Å². The van der Waals surface area contributed by atoms with Gasteiger partial charge in [-0.25, -0.2) is 8.42 Å². The summed E-state index contributed by atoms with van der Waals surface area (Å²) >= 11 is 0. The van der Waals surface area contributed by atoms with Gasteiger partial charge in [0.25, 0.3) is 5.91 Å². The zero-order valence-corrected chi connectivity index (χ0v) is 16.7. The van der Waals surface area contributed by atoms with Crippen LogP contribution in [0.2, 0.25) is 0 Å². The molecule has 0 atom stereocenters. The number of hydrogen-bond acceptors (Lipinski definition) is 5. The number of benzene rings is 1. The second kappa shape index (κ2) is 8.68. The van der Waals surface area contributed by atoms with Crippen LogP contribution in [0.5, 0.6) is 5.75 Å². The van der Waals surface area contributed by atoms with E-state index in [1.807, 2.05) is 31.5 Å². The maximum atomic E-state index is 13.0. The third-order valence-electron chi connectivity index (χ3n) is 4.42. The van der Waals surface area contributed by atoms with Gasteiger partial charge in [-0.15, -0.1) is 0 Å². The van der Waals surface area contributed by atoms with Crippen molar-refractivity contribution >= 4 is 21.6 Å². The molecule has 0 saturated carbocycles. The van der Waals surface area contributed by atoms with E-state index >= 15 is 0 Å². The number of rotatable bonds is 6. The van der Waals surface area contributed by atoms with E-state index in [0.29, 0.717) is 18.9 Å². The molecule has 1 aromatic heterocycles. The Morgan fingerprint density at radius 1 is 1.21 bits per heavy atom. The van der Waals surface area contributed by atoms with Gasteiger partial charge in [0.15, 0.2) is 12.4 Å². The SMILES string of the molecule is COc1ccc(NC(=O)C[n+]2ccc(C)cc2)cc1S(=O)(=O)N1CCOCC1. The molecule has 2 heterocycles. The molecule has 1 N–H and O–H groups in total. The van der Waals surface area contributed by atoms with Gasteiger partial charge in [0.1, 0.15) is 10.6 Å². The number of morpholine rings is 1. The van der Waals surface area contributed by atoms with Gasteiger partial charge in [0.05, 0.1) is 20.3 Å². The summed E-state index contributed by atoms with van der Waals surface area (Å²) in [6.07, 6.45) is 3.63. The number of carbonyl (C=O) groups excluding carboxylic acids is 1. The second-order valence-electron chi connectivity index (χ2n) is 6.48. The Balaban J connectivity index is 1.80. The molecule has 3 rings (SSSR count). The Morgan fingerprint density at radius 3 is 2.54 bits per heavy atom. The maximum Gasteiger partial charge on any atom is 0.290 e. The summed E-state index contributed by atoms with van der Waals surface area (Å²) < 4.78 is 39.6. The molecule has 9 heteroatoms. The number of methoxy groups -OCH3 is 1. The van der Waals surface area contributed by atoms with E-state index in [-0.39, 0.29) is 36.2 Å². The topological polar surface area (TPSA) is 88.8 Å². The van der Waals surface area contributed by atoms with E-state index in [4.69, 9.17) is 9.47 Å². The summed E-state index contributed by atoms with van der Waals surface area (Å²) in [5.41, 5.74) is 1.50. The zero-order chi connectivity index (χ0) is 20.1. The minimum absolute atomic E-state index is 0.0256. The molecule has 150 valence electrons. The lowest BCUT2D eigenvalue weighted by atomic mass is 10.3. The molecule has 0 aliphatic carbocycles. The second-order valence-corrected chi connectivity index (χ2v) is 8.38. The van der Waals surface area contributed by atoms with E-state index in [9.17, 15) is 13.2 Å². The summed E-state index contributed by atoms with van der Waals surface area (Å²) in [4.78, 5) is 12.4. The van der Waals surface area contributed by atoms with Crippen LogP contribution in [0.1, 0.15) is 5.56 Å². The van der Waals surface area contributed by atoms with Crippen molar-refractivity contribution in [3.8, 4) is 5.75 Å². The van der Waals surface area contributed by atoms with E-state index in [1.165, 1.54) is 17.5 Å². The first-order chi connectivity index (χ1) is 13.4. The van der Waals surface area contributed by atoms with E-state index in [0.717, 1.165) is 5.56 Å². The molecule has 28 heavy (non-hydrogen) atoms. The van der Waals surface area contributed by atoms with E-state index < -0.39 is 10.0 Å². The summed E-state index contributed by atoms with van der Waals surface area (Å²) in [5.74, 6) is -0.0221. The average molecular weight is 406 g/mol. The third-order valence-corrected chi connectivity index (χ3v) is 6.34. The van der Waals surface area contributed by atoms with Crippen LogP contribution < -0.4 is 14.6 Å². The molecule has 0 radical (unpaired) electrons. The lowest BCUT2D eigenvalue weighted by Gasteiger charge is -2.26. The Hall–Kier alpha value is -2.49. The van der Waals surface area contributed by atoms with Crippen LogP contribution in [0.25, 0.3) is 0 Å². The zero-order valence-electron chi connectivity index (χ0n) is 15.9. The van der Waals surface area contributed by atoms with Gasteiger partial charge in [-0.2, -0.15) is 8.87 Å². The van der Waals surface area contributed by atoms with Crippen molar-refractivity contribution in [3.05, 3.63) is 48.3 Å². The smallest absolute Gasteiger partial charge is 0.290 e. The minimum atomic E-state index is -3.75. The first-order valence-electron chi connectivity index (χ1n) is 8.91. The number of nitrogens with zero attached hydrogens (tertiary/aromatic N) is 2. The van der Waals surface area contributed by atoms with Crippen LogP contribution in [-0.4, -0.2) is 52.0 Å². The molecule has 1 aliphatic heterocycles. The fourth-order valence-electron chi connectivity index (χ4n) is 2.89. The van der Waals surface area contributed by atoms with E-state index in [2.05, 4.69) is 5.32 Å². The summed E-state index contributed by atoms with van der Waals surface area (Å²) in [6.45, 7) is 3.37. The summed E-state index contributed by atoms with van der Waals surface area (Å²) in [5, 5.41) is 2.75. The number of nitrogens with one attached hydrogen (secondary N) is 1. The van der Waals surface area contributed by atoms with Crippen molar-refractivity contribution in [1.29, 1.82) is 0 Å². The van der Waals surface area contributed by atoms with Crippen LogP contribution in [0.4, 0.5) is 5.69 Å². The van der Waals surface area contributed by atoms with Crippen molar-refractivity contribution in [2.45, 2.75) is 18.4 Å². The average Bonchev–Trinajstić information content (AvgIpc) is 2.70. The number of ether oxygens (including phenoxy) is 2. The molecule has 2 aromatic rings. The number of hydrogen-bond donors (Lipinski definition) is 1. The lowest BCUT2D eigenvalue weighted by molar-refractivity contribution is -0.684. The summed E-state index contributed by atoms with van der Waals surface area (Å²) in [7, 11) is -2.34. The fraction of sp³-hybridized carbons (Fsp3) is 0.368. The molecule has 1 fully saturated rings. The number of carbonyl (C=O) groups is 1. The van der Waals surface area contributed by atoms with Gasteiger partial charge in [0.2, 0.25) is 16.6 Å². The fourth-order valence-corrected chi connectivity index (χ4v) is 4.48. The molecule has 1 aromatic carbocycles. The predicted octanol–water partition coefficient (Wildman–Crippen LogP) is 0.951. The van der Waals surface area contributed by atoms with Crippen molar-refractivity contribution in [2.75, 3.05) is 38.7 Å². The Kier molecular flexibility index (Phi) is 6.28. The van der Waals surface area contributed by atoms with Crippen molar-refractivity contribution in [1.82, 2.24) is 4.31 Å². The van der Waals surface area contributed by atoms with Crippen molar-refractivity contribution < 1.29 is 27.3 Å². The van der Waals surface area contributed by atoms with E-state index in [1.54, 1.807) is 16.7 Å². The Morgan fingerprint density at radius 2 is 1.89 bits per heavy atom.